The van der Waals surface area contributed by atoms with Gasteiger partial charge in [0.15, 0.2) is 0 Å². The second kappa shape index (κ2) is 6.95. The Bertz CT molecular complexity index is 507. The van der Waals surface area contributed by atoms with Gasteiger partial charge in [0.05, 0.1) is 12.0 Å². The van der Waals surface area contributed by atoms with Crippen LogP contribution < -0.4 is 10.1 Å². The predicted octanol–water partition coefficient (Wildman–Crippen LogP) is 3.27. The Morgan fingerprint density at radius 1 is 1.26 bits per heavy atom. The fraction of sp³-hybridized carbons (Fsp3) is 0.286. The molecule has 100 valence electrons. The average Bonchev–Trinajstić information content (AvgIpc) is 2.46. The van der Waals surface area contributed by atoms with E-state index >= 15 is 0 Å². The average molecular weight is 278 g/mol. The second-order valence-electron chi connectivity index (χ2n) is 3.91. The van der Waals surface area contributed by atoms with Crippen LogP contribution >= 0.6 is 11.6 Å². The summed E-state index contributed by atoms with van der Waals surface area (Å²) in [6.45, 7) is 3.05. The fourth-order valence-corrected chi connectivity index (χ4v) is 1.84. The normalized spacial score (nSPS) is 11.9. The number of nitrogens with zero attached hydrogens (tertiary/aromatic N) is 2. The lowest BCUT2D eigenvalue weighted by atomic mass is 10.1. The number of nitrogens with one attached hydrogen (secondary N) is 1. The molecule has 0 radical (unpaired) electrons. The van der Waals surface area contributed by atoms with Gasteiger partial charge >= 0.3 is 0 Å². The van der Waals surface area contributed by atoms with Gasteiger partial charge in [-0.15, -0.1) is 11.6 Å². The van der Waals surface area contributed by atoms with Gasteiger partial charge in [0.2, 0.25) is 11.8 Å². The Kier molecular flexibility index (Phi) is 4.98. The molecule has 0 saturated heterocycles. The number of hydrogen-bond acceptors (Lipinski definition) is 4. The van der Waals surface area contributed by atoms with Crippen LogP contribution in [0.5, 0.6) is 5.88 Å². The van der Waals surface area contributed by atoms with Crippen LogP contribution in [0.4, 0.5) is 5.95 Å². The summed E-state index contributed by atoms with van der Waals surface area (Å²) in [5.41, 5.74) is 1.07. The highest BCUT2D eigenvalue weighted by atomic mass is 35.5. The minimum atomic E-state index is -0.124. The third-order valence-corrected chi connectivity index (χ3v) is 2.93. The highest BCUT2D eigenvalue weighted by Crippen LogP contribution is 2.20. The summed E-state index contributed by atoms with van der Waals surface area (Å²) < 4.78 is 5.31. The standard InChI is InChI=1S/C14H16ClN3O/c1-2-19-13-8-9-16-14(18-13)17-10-12(15)11-6-4-3-5-7-11/h3-9,12H,2,10H2,1H3,(H,16,17,18). The maximum atomic E-state index is 6.31. The molecule has 0 aliphatic heterocycles. The minimum Gasteiger partial charge on any atom is -0.478 e. The van der Waals surface area contributed by atoms with Crippen LogP contribution in [0.1, 0.15) is 17.9 Å². The first-order valence-corrected chi connectivity index (χ1v) is 6.62. The third kappa shape index (κ3) is 4.10. The lowest BCUT2D eigenvalue weighted by molar-refractivity contribution is 0.326. The Balaban J connectivity index is 1.93. The van der Waals surface area contributed by atoms with E-state index in [-0.39, 0.29) is 5.38 Å². The molecule has 2 aromatic rings. The smallest absolute Gasteiger partial charge is 0.226 e. The number of benzene rings is 1. The van der Waals surface area contributed by atoms with E-state index in [1.165, 1.54) is 0 Å². The van der Waals surface area contributed by atoms with Crippen molar-refractivity contribution in [2.45, 2.75) is 12.3 Å². The van der Waals surface area contributed by atoms with E-state index in [0.717, 1.165) is 5.56 Å². The lowest BCUT2D eigenvalue weighted by Gasteiger charge is -2.11. The zero-order valence-electron chi connectivity index (χ0n) is 10.7. The molecule has 0 saturated carbocycles. The van der Waals surface area contributed by atoms with Gasteiger partial charge in [-0.05, 0) is 12.5 Å². The molecule has 0 amide bonds. The van der Waals surface area contributed by atoms with Crippen molar-refractivity contribution < 1.29 is 4.74 Å². The predicted molar refractivity (Wildman–Crippen MR) is 76.7 cm³/mol. The van der Waals surface area contributed by atoms with Crippen molar-refractivity contribution in [3.63, 3.8) is 0 Å². The molecule has 1 aromatic carbocycles. The highest BCUT2D eigenvalue weighted by Gasteiger charge is 2.08. The van der Waals surface area contributed by atoms with Gasteiger partial charge < -0.3 is 10.1 Å². The van der Waals surface area contributed by atoms with E-state index in [9.17, 15) is 0 Å². The van der Waals surface area contributed by atoms with Gasteiger partial charge in [0.25, 0.3) is 0 Å². The molecule has 2 rings (SSSR count). The van der Waals surface area contributed by atoms with Crippen molar-refractivity contribution >= 4 is 17.5 Å². The molecule has 1 atom stereocenters. The molecule has 1 heterocycles. The van der Waals surface area contributed by atoms with E-state index in [1.54, 1.807) is 12.3 Å². The zero-order valence-corrected chi connectivity index (χ0v) is 11.5. The zero-order chi connectivity index (χ0) is 13.5. The molecule has 0 bridgehead atoms. The Labute approximate surface area is 117 Å². The summed E-state index contributed by atoms with van der Waals surface area (Å²) in [5, 5.41) is 2.98. The number of hydrogen-bond donors (Lipinski definition) is 1. The first-order chi connectivity index (χ1) is 9.29. The quantitative estimate of drug-likeness (QED) is 0.823. The summed E-state index contributed by atoms with van der Waals surface area (Å²) in [6.07, 6.45) is 1.66. The minimum absolute atomic E-state index is 0.124. The van der Waals surface area contributed by atoms with Gasteiger partial charge in [0.1, 0.15) is 0 Å². The summed E-state index contributed by atoms with van der Waals surface area (Å²) in [4.78, 5) is 8.35. The number of ether oxygens (including phenoxy) is 1. The maximum absolute atomic E-state index is 6.31. The Hall–Kier alpha value is -1.81. The van der Waals surface area contributed by atoms with Crippen molar-refractivity contribution in [2.75, 3.05) is 18.5 Å². The van der Waals surface area contributed by atoms with Crippen molar-refractivity contribution in [2.24, 2.45) is 0 Å². The van der Waals surface area contributed by atoms with Gasteiger partial charge in [-0.1, -0.05) is 30.3 Å². The van der Waals surface area contributed by atoms with Crippen LogP contribution in [0.2, 0.25) is 0 Å². The topological polar surface area (TPSA) is 47.0 Å². The summed E-state index contributed by atoms with van der Waals surface area (Å²) in [7, 11) is 0. The van der Waals surface area contributed by atoms with E-state index in [4.69, 9.17) is 16.3 Å². The molecule has 0 aliphatic rings. The number of aromatic nitrogens is 2. The molecule has 1 N–H and O–H groups in total. The largest absolute Gasteiger partial charge is 0.478 e. The van der Waals surface area contributed by atoms with Crippen LogP contribution in [0.15, 0.2) is 42.6 Å². The SMILES string of the molecule is CCOc1ccnc(NCC(Cl)c2ccccc2)n1. The van der Waals surface area contributed by atoms with Crippen LogP contribution in [-0.2, 0) is 0 Å². The molecule has 1 unspecified atom stereocenters. The first kappa shape index (κ1) is 13.6. The number of alkyl halides is 1. The molecule has 1 aromatic heterocycles. The molecular formula is C14H16ClN3O. The van der Waals surface area contributed by atoms with Crippen LogP contribution in [0.3, 0.4) is 0 Å². The third-order valence-electron chi connectivity index (χ3n) is 2.52. The number of rotatable bonds is 6. The molecule has 0 fully saturated rings. The highest BCUT2D eigenvalue weighted by molar-refractivity contribution is 6.21. The van der Waals surface area contributed by atoms with Crippen LogP contribution in [-0.4, -0.2) is 23.1 Å². The fourth-order valence-electron chi connectivity index (χ4n) is 1.62. The van der Waals surface area contributed by atoms with Crippen molar-refractivity contribution in [3.05, 3.63) is 48.2 Å². The van der Waals surface area contributed by atoms with Gasteiger partial charge in [-0.25, -0.2) is 4.98 Å². The lowest BCUT2D eigenvalue weighted by Crippen LogP contribution is -2.10. The Morgan fingerprint density at radius 2 is 2.05 bits per heavy atom. The van der Waals surface area contributed by atoms with Crippen LogP contribution in [0, 0.1) is 0 Å². The molecular weight excluding hydrogens is 262 g/mol. The van der Waals surface area contributed by atoms with E-state index < -0.39 is 0 Å². The summed E-state index contributed by atoms with van der Waals surface area (Å²) >= 11 is 6.31. The van der Waals surface area contributed by atoms with Crippen molar-refractivity contribution in [1.29, 1.82) is 0 Å². The summed E-state index contributed by atoms with van der Waals surface area (Å²) in [5.74, 6) is 1.08. The van der Waals surface area contributed by atoms with E-state index in [2.05, 4.69) is 15.3 Å². The van der Waals surface area contributed by atoms with E-state index in [1.807, 2.05) is 37.3 Å². The number of anilines is 1. The Morgan fingerprint density at radius 3 is 2.79 bits per heavy atom. The molecule has 4 nitrogen and oxygen atoms in total. The summed E-state index contributed by atoms with van der Waals surface area (Å²) in [6, 6.07) is 11.6. The molecule has 0 spiro atoms. The number of halogens is 1. The van der Waals surface area contributed by atoms with Gasteiger partial charge in [-0.2, -0.15) is 4.98 Å². The van der Waals surface area contributed by atoms with Gasteiger partial charge in [-0.3, -0.25) is 0 Å². The second-order valence-corrected chi connectivity index (χ2v) is 4.44. The monoisotopic (exact) mass is 277 g/mol. The molecule has 5 heteroatoms. The maximum Gasteiger partial charge on any atom is 0.226 e. The van der Waals surface area contributed by atoms with Crippen molar-refractivity contribution in [1.82, 2.24) is 9.97 Å². The van der Waals surface area contributed by atoms with Crippen LogP contribution in [0.25, 0.3) is 0 Å². The molecule has 19 heavy (non-hydrogen) atoms. The van der Waals surface area contributed by atoms with E-state index in [0.29, 0.717) is 25.0 Å². The first-order valence-electron chi connectivity index (χ1n) is 6.18. The molecule has 0 aliphatic carbocycles. The van der Waals surface area contributed by atoms with Crippen molar-refractivity contribution in [3.8, 4) is 5.88 Å². The van der Waals surface area contributed by atoms with Gasteiger partial charge in [0, 0.05) is 18.8 Å².